The minimum absolute atomic E-state index is 0.261. The number of rotatable bonds is 5. The third kappa shape index (κ3) is 4.90. The maximum absolute atomic E-state index is 12.9. The molecule has 0 fully saturated rings. The van der Waals surface area contributed by atoms with Crippen molar-refractivity contribution in [3.8, 4) is 0 Å². The summed E-state index contributed by atoms with van der Waals surface area (Å²) in [7, 11) is 3.35. The number of carbonyl (C=O) groups excluding carboxylic acids is 2. The van der Waals surface area contributed by atoms with Crippen molar-refractivity contribution in [2.45, 2.75) is 6.92 Å². The molecule has 0 aliphatic carbocycles. The Morgan fingerprint density at radius 1 is 0.879 bits per heavy atom. The van der Waals surface area contributed by atoms with Gasteiger partial charge in [-0.25, -0.2) is 14.8 Å². The topological polar surface area (TPSA) is 99.2 Å². The molecule has 0 bridgehead atoms. The number of nitrogens with zero attached hydrogens (tertiary/aromatic N) is 3. The highest BCUT2D eigenvalue weighted by atomic mass is 16.2. The summed E-state index contributed by atoms with van der Waals surface area (Å²) < 4.78 is 0. The third-order valence-electron chi connectivity index (χ3n) is 5.31. The highest BCUT2D eigenvalue weighted by Crippen LogP contribution is 2.22. The van der Waals surface area contributed by atoms with E-state index in [2.05, 4.69) is 25.9 Å². The summed E-state index contributed by atoms with van der Waals surface area (Å²) in [5.41, 5.74) is 2.51. The van der Waals surface area contributed by atoms with E-state index in [1.165, 1.54) is 11.2 Å². The van der Waals surface area contributed by atoms with Crippen LogP contribution in [0.5, 0.6) is 0 Å². The van der Waals surface area contributed by atoms with Gasteiger partial charge in [0.05, 0.1) is 0 Å². The van der Waals surface area contributed by atoms with E-state index in [1.54, 1.807) is 38.4 Å². The second kappa shape index (κ2) is 9.35. The van der Waals surface area contributed by atoms with Crippen molar-refractivity contribution in [1.29, 1.82) is 0 Å². The minimum atomic E-state index is -0.383. The lowest BCUT2D eigenvalue weighted by Gasteiger charge is -2.18. The quantitative estimate of drug-likeness (QED) is 0.410. The third-order valence-corrected chi connectivity index (χ3v) is 5.31. The predicted molar refractivity (Wildman–Crippen MR) is 132 cm³/mol. The Balaban J connectivity index is 1.50. The van der Waals surface area contributed by atoms with Crippen molar-refractivity contribution in [2.75, 3.05) is 34.9 Å². The maximum Gasteiger partial charge on any atom is 0.327 e. The Labute approximate surface area is 191 Å². The van der Waals surface area contributed by atoms with E-state index in [0.717, 1.165) is 16.3 Å². The highest BCUT2D eigenvalue weighted by Gasteiger charge is 2.16. The molecule has 8 heteroatoms. The van der Waals surface area contributed by atoms with Gasteiger partial charge in [-0.1, -0.05) is 36.4 Å². The zero-order valence-corrected chi connectivity index (χ0v) is 18.6. The highest BCUT2D eigenvalue weighted by molar-refractivity contribution is 6.07. The van der Waals surface area contributed by atoms with Crippen molar-refractivity contribution in [2.24, 2.45) is 0 Å². The van der Waals surface area contributed by atoms with Crippen LogP contribution in [0.25, 0.3) is 10.8 Å². The second-order valence-corrected chi connectivity index (χ2v) is 7.55. The van der Waals surface area contributed by atoms with Gasteiger partial charge in [-0.15, -0.1) is 0 Å². The van der Waals surface area contributed by atoms with Crippen LogP contribution in [0.1, 0.15) is 15.9 Å². The smallest absolute Gasteiger partial charge is 0.327 e. The molecule has 1 heterocycles. The van der Waals surface area contributed by atoms with Crippen LogP contribution in [-0.2, 0) is 0 Å². The number of benzene rings is 3. The van der Waals surface area contributed by atoms with E-state index in [0.29, 0.717) is 28.6 Å². The average molecular weight is 441 g/mol. The molecule has 0 saturated carbocycles. The molecule has 4 rings (SSSR count). The molecule has 4 aromatic rings. The molecule has 0 unspecified atom stereocenters. The summed E-state index contributed by atoms with van der Waals surface area (Å²) in [5.74, 6) is 0.779. The fourth-order valence-electron chi connectivity index (χ4n) is 3.34. The lowest BCUT2D eigenvalue weighted by atomic mass is 10.1. The lowest BCUT2D eigenvalue weighted by Crippen LogP contribution is -2.32. The second-order valence-electron chi connectivity index (χ2n) is 7.55. The summed E-state index contributed by atoms with van der Waals surface area (Å²) in [6.07, 6.45) is 1.38. The van der Waals surface area contributed by atoms with E-state index in [4.69, 9.17) is 0 Å². The van der Waals surface area contributed by atoms with Gasteiger partial charge in [0.1, 0.15) is 18.0 Å². The number of urea groups is 1. The van der Waals surface area contributed by atoms with Crippen LogP contribution in [-0.4, -0.2) is 36.0 Å². The normalized spacial score (nSPS) is 10.5. The molecule has 8 nitrogen and oxygen atoms in total. The van der Waals surface area contributed by atoms with Crippen LogP contribution < -0.4 is 20.9 Å². The summed E-state index contributed by atoms with van der Waals surface area (Å²) in [6, 6.07) is 20.2. The molecule has 166 valence electrons. The molecule has 1 aromatic heterocycles. The van der Waals surface area contributed by atoms with Gasteiger partial charge in [0, 0.05) is 37.1 Å². The fourth-order valence-corrected chi connectivity index (χ4v) is 3.34. The molecule has 3 amide bonds. The first-order valence-electron chi connectivity index (χ1n) is 10.4. The van der Waals surface area contributed by atoms with Gasteiger partial charge in [-0.2, -0.15) is 0 Å². The zero-order chi connectivity index (χ0) is 23.4. The van der Waals surface area contributed by atoms with Crippen LogP contribution in [0.2, 0.25) is 0 Å². The number of aromatic nitrogens is 2. The molecule has 3 N–H and O–H groups in total. The first-order valence-corrected chi connectivity index (χ1v) is 10.4. The van der Waals surface area contributed by atoms with Crippen molar-refractivity contribution in [3.05, 3.63) is 84.2 Å². The summed E-state index contributed by atoms with van der Waals surface area (Å²) in [5, 5.41) is 10.8. The molecule has 33 heavy (non-hydrogen) atoms. The Kier molecular flexibility index (Phi) is 6.17. The first kappa shape index (κ1) is 21.8. The SMILES string of the molecule is CNc1cc(N(C)C(=O)Nc2cc(C(=O)Nc3ccc4ccccc4c3)ccc2C)ncn1. The average Bonchev–Trinajstić information content (AvgIpc) is 2.84. The molecule has 0 aliphatic heterocycles. The summed E-state index contributed by atoms with van der Waals surface area (Å²) >= 11 is 0. The van der Waals surface area contributed by atoms with Crippen molar-refractivity contribution in [3.63, 3.8) is 0 Å². The van der Waals surface area contributed by atoms with Gasteiger partial charge in [-0.3, -0.25) is 9.69 Å². The number of amides is 3. The number of nitrogens with one attached hydrogen (secondary N) is 3. The van der Waals surface area contributed by atoms with Gasteiger partial charge in [0.25, 0.3) is 5.91 Å². The van der Waals surface area contributed by atoms with E-state index >= 15 is 0 Å². The first-order chi connectivity index (χ1) is 15.9. The van der Waals surface area contributed by atoms with E-state index < -0.39 is 0 Å². The van der Waals surface area contributed by atoms with Gasteiger partial charge < -0.3 is 16.0 Å². The van der Waals surface area contributed by atoms with Crippen LogP contribution in [0.15, 0.2) is 73.1 Å². The lowest BCUT2D eigenvalue weighted by molar-refractivity contribution is 0.102. The number of aryl methyl sites for hydroxylation is 1. The molecule has 0 saturated heterocycles. The summed E-state index contributed by atoms with van der Waals surface area (Å²) in [4.78, 5) is 35.2. The molecule has 0 atom stereocenters. The standard InChI is InChI=1S/C25H24N6O2/c1-16-8-9-19(24(32)29-20-11-10-17-6-4-5-7-18(17)12-20)13-21(16)30-25(33)31(3)23-14-22(26-2)27-15-28-23/h4-15H,1-3H3,(H,29,32)(H,30,33)(H,26,27,28). The van der Waals surface area contributed by atoms with Crippen molar-refractivity contribution in [1.82, 2.24) is 9.97 Å². The molecule has 0 aliphatic rings. The van der Waals surface area contributed by atoms with Gasteiger partial charge in [0.15, 0.2) is 0 Å². The van der Waals surface area contributed by atoms with Crippen LogP contribution >= 0.6 is 0 Å². The maximum atomic E-state index is 12.9. The number of hydrogen-bond acceptors (Lipinski definition) is 5. The Morgan fingerprint density at radius 2 is 1.67 bits per heavy atom. The Hall–Kier alpha value is -4.46. The molecule has 0 radical (unpaired) electrons. The van der Waals surface area contributed by atoms with Gasteiger partial charge in [0.2, 0.25) is 0 Å². The molecular formula is C25H24N6O2. The van der Waals surface area contributed by atoms with Crippen molar-refractivity contribution < 1.29 is 9.59 Å². The number of fused-ring (bicyclic) bond motifs is 1. The Bertz CT molecular complexity index is 1340. The molecule has 0 spiro atoms. The van der Waals surface area contributed by atoms with E-state index in [1.807, 2.05) is 49.4 Å². The number of anilines is 4. The summed E-state index contributed by atoms with van der Waals surface area (Å²) in [6.45, 7) is 1.87. The Morgan fingerprint density at radius 3 is 2.45 bits per heavy atom. The minimum Gasteiger partial charge on any atom is -0.373 e. The van der Waals surface area contributed by atoms with Gasteiger partial charge in [-0.05, 0) is 47.5 Å². The molecular weight excluding hydrogens is 416 g/mol. The van der Waals surface area contributed by atoms with Crippen molar-refractivity contribution >= 4 is 45.7 Å². The number of carbonyl (C=O) groups is 2. The largest absolute Gasteiger partial charge is 0.373 e. The predicted octanol–water partition coefficient (Wildman–Crippen LogP) is 4.90. The van der Waals surface area contributed by atoms with Crippen LogP contribution in [0.3, 0.4) is 0 Å². The van der Waals surface area contributed by atoms with Crippen LogP contribution in [0.4, 0.5) is 27.8 Å². The van der Waals surface area contributed by atoms with Gasteiger partial charge >= 0.3 is 6.03 Å². The zero-order valence-electron chi connectivity index (χ0n) is 18.6. The van der Waals surface area contributed by atoms with E-state index in [9.17, 15) is 9.59 Å². The monoisotopic (exact) mass is 440 g/mol. The van der Waals surface area contributed by atoms with Crippen LogP contribution in [0, 0.1) is 6.92 Å². The number of hydrogen-bond donors (Lipinski definition) is 3. The van der Waals surface area contributed by atoms with E-state index in [-0.39, 0.29) is 11.9 Å². The fraction of sp³-hybridized carbons (Fsp3) is 0.120. The molecule has 3 aromatic carbocycles.